The zero-order valence-electron chi connectivity index (χ0n) is 8.66. The molecular weight excluding hydrogens is 276 g/mol. The molecule has 0 saturated heterocycles. The molecule has 1 unspecified atom stereocenters. The van der Waals surface area contributed by atoms with E-state index < -0.39 is 0 Å². The molecule has 0 aromatic heterocycles. The number of rotatable bonds is 4. The Labute approximate surface area is 102 Å². The summed E-state index contributed by atoms with van der Waals surface area (Å²) in [5.41, 5.74) is 0.691. The molecule has 0 amide bonds. The van der Waals surface area contributed by atoms with E-state index in [9.17, 15) is 4.79 Å². The minimum atomic E-state index is 0.0497. The quantitative estimate of drug-likeness (QED) is 0.683. The third kappa shape index (κ3) is 3.63. The molecule has 0 fully saturated rings. The van der Waals surface area contributed by atoms with Crippen molar-refractivity contribution in [2.24, 2.45) is 0 Å². The van der Waals surface area contributed by atoms with Crippen LogP contribution >= 0.6 is 27.7 Å². The highest BCUT2D eigenvalue weighted by molar-refractivity contribution is 9.10. The molecule has 0 aliphatic rings. The molecule has 1 rings (SSSR count). The lowest BCUT2D eigenvalue weighted by atomic mass is 10.2. The smallest absolute Gasteiger partial charge is 0.160 e. The number of ketones is 1. The molecule has 2 nitrogen and oxygen atoms in total. The normalized spacial score (nSPS) is 12.5. The standard InChI is InChI=1S/C11H13BrO2S/c1-7(6-13)15-9-3-4-10(8(2)14)11(12)5-9/h3-5,7,13H,6H2,1-2H3. The van der Waals surface area contributed by atoms with Crippen molar-refractivity contribution in [2.75, 3.05) is 6.61 Å². The molecule has 1 aromatic carbocycles. The van der Waals surface area contributed by atoms with Crippen molar-refractivity contribution in [3.05, 3.63) is 28.2 Å². The Balaban J connectivity index is 2.87. The zero-order chi connectivity index (χ0) is 11.4. The minimum absolute atomic E-state index is 0.0497. The molecule has 0 saturated carbocycles. The predicted octanol–water partition coefficient (Wildman–Crippen LogP) is 3.12. The molecule has 82 valence electrons. The van der Waals surface area contributed by atoms with E-state index in [1.807, 2.05) is 19.1 Å². The number of aliphatic hydroxyl groups is 1. The number of hydrogen-bond acceptors (Lipinski definition) is 3. The number of carbonyl (C=O) groups is 1. The molecule has 1 atom stereocenters. The van der Waals surface area contributed by atoms with Crippen LogP contribution in [-0.2, 0) is 0 Å². The first-order valence-corrected chi connectivity index (χ1v) is 6.30. The summed E-state index contributed by atoms with van der Waals surface area (Å²) in [5.74, 6) is 0.0497. The summed E-state index contributed by atoms with van der Waals surface area (Å²) in [5, 5.41) is 9.09. The van der Waals surface area contributed by atoms with Gasteiger partial charge in [-0.2, -0.15) is 0 Å². The third-order valence-corrected chi connectivity index (χ3v) is 3.65. The van der Waals surface area contributed by atoms with Gasteiger partial charge in [-0.1, -0.05) is 22.9 Å². The van der Waals surface area contributed by atoms with Crippen LogP contribution in [0, 0.1) is 0 Å². The van der Waals surface area contributed by atoms with Crippen molar-refractivity contribution in [1.82, 2.24) is 0 Å². The first kappa shape index (κ1) is 12.7. The van der Waals surface area contributed by atoms with E-state index in [-0.39, 0.29) is 17.6 Å². The predicted molar refractivity (Wildman–Crippen MR) is 66.6 cm³/mol. The summed E-state index contributed by atoms with van der Waals surface area (Å²) in [6, 6.07) is 5.62. The zero-order valence-corrected chi connectivity index (χ0v) is 11.1. The van der Waals surface area contributed by atoms with Gasteiger partial charge in [0.25, 0.3) is 0 Å². The van der Waals surface area contributed by atoms with Crippen LogP contribution in [-0.4, -0.2) is 22.7 Å². The first-order valence-electron chi connectivity index (χ1n) is 4.62. The van der Waals surface area contributed by atoms with Crippen LogP contribution in [0.4, 0.5) is 0 Å². The van der Waals surface area contributed by atoms with E-state index in [2.05, 4.69) is 15.9 Å². The maximum absolute atomic E-state index is 11.2. The van der Waals surface area contributed by atoms with Gasteiger partial charge in [-0.15, -0.1) is 11.8 Å². The van der Waals surface area contributed by atoms with Crippen molar-refractivity contribution in [3.8, 4) is 0 Å². The molecule has 1 aromatic rings. The van der Waals surface area contributed by atoms with Crippen LogP contribution in [0.3, 0.4) is 0 Å². The van der Waals surface area contributed by atoms with Gasteiger partial charge in [-0.3, -0.25) is 4.79 Å². The van der Waals surface area contributed by atoms with E-state index in [4.69, 9.17) is 5.11 Å². The Bertz CT molecular complexity index is 366. The van der Waals surface area contributed by atoms with Gasteiger partial charge in [0, 0.05) is 20.2 Å². The molecule has 1 N–H and O–H groups in total. The lowest BCUT2D eigenvalue weighted by Crippen LogP contribution is -2.01. The number of carbonyl (C=O) groups excluding carboxylic acids is 1. The van der Waals surface area contributed by atoms with E-state index in [1.54, 1.807) is 24.8 Å². The van der Waals surface area contributed by atoms with Gasteiger partial charge in [-0.25, -0.2) is 0 Å². The summed E-state index contributed by atoms with van der Waals surface area (Å²) in [6.07, 6.45) is 0. The second kappa shape index (κ2) is 5.68. The number of thioether (sulfide) groups is 1. The van der Waals surface area contributed by atoms with Gasteiger partial charge in [0.1, 0.15) is 0 Å². The number of hydrogen-bond donors (Lipinski definition) is 1. The second-order valence-corrected chi connectivity index (χ2v) is 5.68. The molecule has 4 heteroatoms. The lowest BCUT2D eigenvalue weighted by molar-refractivity contribution is 0.101. The monoisotopic (exact) mass is 288 g/mol. The number of aliphatic hydroxyl groups excluding tert-OH is 1. The van der Waals surface area contributed by atoms with Crippen molar-refractivity contribution in [2.45, 2.75) is 24.0 Å². The summed E-state index contributed by atoms with van der Waals surface area (Å²) in [6.45, 7) is 3.65. The van der Waals surface area contributed by atoms with Crippen molar-refractivity contribution < 1.29 is 9.90 Å². The van der Waals surface area contributed by atoms with Gasteiger partial charge < -0.3 is 5.11 Å². The Morgan fingerprint density at radius 2 is 2.27 bits per heavy atom. The van der Waals surface area contributed by atoms with E-state index >= 15 is 0 Å². The van der Waals surface area contributed by atoms with E-state index in [0.29, 0.717) is 5.56 Å². The van der Waals surface area contributed by atoms with Gasteiger partial charge in [0.05, 0.1) is 6.61 Å². The molecule has 0 heterocycles. The highest BCUT2D eigenvalue weighted by Gasteiger charge is 2.08. The molecule has 15 heavy (non-hydrogen) atoms. The lowest BCUT2D eigenvalue weighted by Gasteiger charge is -2.08. The molecule has 0 aliphatic heterocycles. The maximum Gasteiger partial charge on any atom is 0.160 e. The van der Waals surface area contributed by atoms with Gasteiger partial charge in [0.15, 0.2) is 5.78 Å². The highest BCUT2D eigenvalue weighted by atomic mass is 79.9. The Hall–Kier alpha value is -0.320. The Morgan fingerprint density at radius 3 is 2.73 bits per heavy atom. The summed E-state index contributed by atoms with van der Waals surface area (Å²) in [4.78, 5) is 12.2. The molecule has 0 spiro atoms. The molecular formula is C11H13BrO2S. The number of benzene rings is 1. The van der Waals surface area contributed by atoms with Gasteiger partial charge in [0.2, 0.25) is 0 Å². The summed E-state index contributed by atoms with van der Waals surface area (Å²) in [7, 11) is 0. The maximum atomic E-state index is 11.2. The molecule has 0 bridgehead atoms. The van der Waals surface area contributed by atoms with Crippen LogP contribution in [0.5, 0.6) is 0 Å². The molecule has 0 aliphatic carbocycles. The molecule has 0 radical (unpaired) electrons. The summed E-state index contributed by atoms with van der Waals surface area (Å²) < 4.78 is 0.810. The number of Topliss-reactive ketones (excluding diaryl/α,β-unsaturated/α-hetero) is 1. The fourth-order valence-corrected chi connectivity index (χ4v) is 2.81. The SMILES string of the molecule is CC(=O)c1ccc(SC(C)CO)cc1Br. The Kier molecular flexibility index (Phi) is 4.83. The van der Waals surface area contributed by atoms with E-state index in [0.717, 1.165) is 9.37 Å². The second-order valence-electron chi connectivity index (χ2n) is 3.31. The van der Waals surface area contributed by atoms with Crippen LogP contribution in [0.25, 0.3) is 0 Å². The van der Waals surface area contributed by atoms with Crippen molar-refractivity contribution in [3.63, 3.8) is 0 Å². The number of halogens is 1. The van der Waals surface area contributed by atoms with Crippen LogP contribution in [0.1, 0.15) is 24.2 Å². The highest BCUT2D eigenvalue weighted by Crippen LogP contribution is 2.28. The van der Waals surface area contributed by atoms with Crippen LogP contribution in [0.15, 0.2) is 27.6 Å². The van der Waals surface area contributed by atoms with Crippen molar-refractivity contribution >= 4 is 33.5 Å². The third-order valence-electron chi connectivity index (χ3n) is 1.91. The van der Waals surface area contributed by atoms with Crippen molar-refractivity contribution in [1.29, 1.82) is 0 Å². The average Bonchev–Trinajstić information content (AvgIpc) is 2.17. The topological polar surface area (TPSA) is 37.3 Å². The van der Waals surface area contributed by atoms with Gasteiger partial charge >= 0.3 is 0 Å². The van der Waals surface area contributed by atoms with Crippen LogP contribution < -0.4 is 0 Å². The average molecular weight is 289 g/mol. The van der Waals surface area contributed by atoms with Crippen LogP contribution in [0.2, 0.25) is 0 Å². The largest absolute Gasteiger partial charge is 0.395 e. The van der Waals surface area contributed by atoms with Gasteiger partial charge in [-0.05, 0) is 25.1 Å². The fourth-order valence-electron chi connectivity index (χ4n) is 1.12. The summed E-state index contributed by atoms with van der Waals surface area (Å²) >= 11 is 4.95. The minimum Gasteiger partial charge on any atom is -0.395 e. The Morgan fingerprint density at radius 1 is 1.60 bits per heavy atom. The van der Waals surface area contributed by atoms with E-state index in [1.165, 1.54) is 0 Å². The fraction of sp³-hybridized carbons (Fsp3) is 0.364. The first-order chi connectivity index (χ1) is 7.04.